The molecule has 9 heteroatoms. The number of carbonyl (C=O) groups excluding carboxylic acids is 1. The highest BCUT2D eigenvalue weighted by atomic mass is 32.1. The largest absolute Gasteiger partial charge is 0.443 e. The van der Waals surface area contributed by atoms with Crippen LogP contribution in [0.15, 0.2) is 24.5 Å². The van der Waals surface area contributed by atoms with Crippen molar-refractivity contribution in [3.8, 4) is 10.6 Å². The lowest BCUT2D eigenvalue weighted by Gasteiger charge is -2.02. The number of nitrogens with zero attached hydrogens (tertiary/aromatic N) is 2. The Hall–Kier alpha value is -2.42. The number of anilines is 1. The molecule has 24 heavy (non-hydrogen) atoms. The van der Waals surface area contributed by atoms with Gasteiger partial charge in [-0.15, -0.1) is 11.3 Å². The van der Waals surface area contributed by atoms with E-state index in [9.17, 15) is 18.0 Å². The van der Waals surface area contributed by atoms with E-state index in [0.717, 1.165) is 18.2 Å². The van der Waals surface area contributed by atoms with Crippen LogP contribution in [0, 0.1) is 5.92 Å². The minimum absolute atomic E-state index is 0.0501. The second-order valence-corrected chi connectivity index (χ2v) is 6.66. The molecule has 0 atom stereocenters. The molecule has 0 aliphatic heterocycles. The predicted molar refractivity (Wildman–Crippen MR) is 83.6 cm³/mol. The van der Waals surface area contributed by atoms with Gasteiger partial charge in [-0.2, -0.15) is 13.2 Å². The number of aromatic amines is 1. The summed E-state index contributed by atoms with van der Waals surface area (Å²) >= 11 is 0.578. The van der Waals surface area contributed by atoms with Gasteiger partial charge in [0, 0.05) is 29.8 Å². The first-order chi connectivity index (χ1) is 11.4. The Morgan fingerprint density at radius 3 is 2.71 bits per heavy atom. The fourth-order valence-corrected chi connectivity index (χ4v) is 3.09. The van der Waals surface area contributed by atoms with Crippen molar-refractivity contribution in [2.24, 2.45) is 5.92 Å². The number of halogens is 3. The molecule has 0 spiro atoms. The molecule has 0 saturated heterocycles. The van der Waals surface area contributed by atoms with Crippen molar-refractivity contribution in [2.45, 2.75) is 19.0 Å². The number of aromatic nitrogens is 3. The van der Waals surface area contributed by atoms with E-state index in [2.05, 4.69) is 20.3 Å². The number of amides is 1. The molecule has 1 aliphatic rings. The summed E-state index contributed by atoms with van der Waals surface area (Å²) in [6.07, 6.45) is 0.114. The van der Waals surface area contributed by atoms with Crippen LogP contribution in [-0.2, 0) is 11.0 Å². The molecule has 3 heterocycles. The van der Waals surface area contributed by atoms with Crippen molar-refractivity contribution in [3.63, 3.8) is 0 Å². The van der Waals surface area contributed by atoms with Crippen molar-refractivity contribution in [3.05, 3.63) is 29.5 Å². The molecule has 0 aromatic carbocycles. The highest BCUT2D eigenvalue weighted by Gasteiger charge is 2.34. The van der Waals surface area contributed by atoms with E-state index in [4.69, 9.17) is 0 Å². The topological polar surface area (TPSA) is 70.7 Å². The van der Waals surface area contributed by atoms with Crippen LogP contribution in [0.1, 0.15) is 17.8 Å². The first kappa shape index (κ1) is 15.1. The molecule has 3 aromatic rings. The Morgan fingerprint density at radius 1 is 1.25 bits per heavy atom. The van der Waals surface area contributed by atoms with Crippen molar-refractivity contribution < 1.29 is 18.0 Å². The van der Waals surface area contributed by atoms with Crippen LogP contribution in [0.3, 0.4) is 0 Å². The van der Waals surface area contributed by atoms with Gasteiger partial charge in [0.15, 0.2) is 5.01 Å². The normalized spacial score (nSPS) is 15.0. The van der Waals surface area contributed by atoms with Crippen molar-refractivity contribution in [1.29, 1.82) is 0 Å². The zero-order valence-corrected chi connectivity index (χ0v) is 13.0. The number of fused-ring (bicyclic) bond motifs is 1. The first-order valence-corrected chi connectivity index (χ1v) is 8.05. The lowest BCUT2D eigenvalue weighted by atomic mass is 10.3. The lowest BCUT2D eigenvalue weighted by Crippen LogP contribution is -2.14. The smallest absolute Gasteiger partial charge is 0.354 e. The first-order valence-electron chi connectivity index (χ1n) is 7.23. The number of thiazole rings is 1. The van der Waals surface area contributed by atoms with Gasteiger partial charge >= 0.3 is 6.18 Å². The van der Waals surface area contributed by atoms with E-state index in [1.165, 1.54) is 6.20 Å². The molecule has 3 aromatic heterocycles. The third kappa shape index (κ3) is 2.86. The Kier molecular flexibility index (Phi) is 3.34. The molecule has 1 amide bonds. The fraction of sp³-hybridized carbons (Fsp3) is 0.267. The maximum absolute atomic E-state index is 12.7. The molecule has 1 fully saturated rings. The quantitative estimate of drug-likeness (QED) is 0.747. The molecule has 1 aliphatic carbocycles. The Balaban J connectivity index is 1.63. The number of carbonyl (C=O) groups is 1. The van der Waals surface area contributed by atoms with E-state index < -0.39 is 11.2 Å². The number of alkyl halides is 3. The van der Waals surface area contributed by atoms with Crippen molar-refractivity contribution in [2.75, 3.05) is 5.32 Å². The SMILES string of the molecule is O=C(Nc1cc2[nH]c(-c3cnc(C(F)(F)F)s3)cc2cn1)C1CC1. The molecule has 1 saturated carbocycles. The van der Waals surface area contributed by atoms with Gasteiger partial charge in [0.2, 0.25) is 5.91 Å². The van der Waals surface area contributed by atoms with Gasteiger partial charge in [-0.05, 0) is 18.9 Å². The van der Waals surface area contributed by atoms with E-state index in [1.54, 1.807) is 18.3 Å². The van der Waals surface area contributed by atoms with Gasteiger partial charge in [0.1, 0.15) is 5.82 Å². The van der Waals surface area contributed by atoms with Gasteiger partial charge in [0.05, 0.1) is 16.1 Å². The van der Waals surface area contributed by atoms with Gasteiger partial charge < -0.3 is 10.3 Å². The van der Waals surface area contributed by atoms with Crippen LogP contribution in [0.4, 0.5) is 19.0 Å². The average molecular weight is 352 g/mol. The van der Waals surface area contributed by atoms with Crippen LogP contribution in [0.25, 0.3) is 21.5 Å². The zero-order chi connectivity index (χ0) is 16.9. The zero-order valence-electron chi connectivity index (χ0n) is 12.1. The predicted octanol–water partition coefficient (Wildman–Crippen LogP) is 4.05. The molecule has 2 N–H and O–H groups in total. The van der Waals surface area contributed by atoms with Crippen LogP contribution in [0.5, 0.6) is 0 Å². The molecule has 4 rings (SSSR count). The molecular weight excluding hydrogens is 341 g/mol. The highest BCUT2D eigenvalue weighted by Crippen LogP contribution is 2.37. The second kappa shape index (κ2) is 5.30. The molecular formula is C15H11F3N4OS. The summed E-state index contributed by atoms with van der Waals surface area (Å²) in [4.78, 5) is 22.8. The van der Waals surface area contributed by atoms with E-state index in [0.29, 0.717) is 33.2 Å². The Labute approximate surface area is 137 Å². The summed E-state index contributed by atoms with van der Waals surface area (Å²) in [7, 11) is 0. The average Bonchev–Trinajstić information content (AvgIpc) is 3.09. The van der Waals surface area contributed by atoms with Gasteiger partial charge in [-0.3, -0.25) is 4.79 Å². The van der Waals surface area contributed by atoms with Crippen LogP contribution >= 0.6 is 11.3 Å². The van der Waals surface area contributed by atoms with E-state index in [1.807, 2.05) is 0 Å². The van der Waals surface area contributed by atoms with Crippen LogP contribution in [-0.4, -0.2) is 20.9 Å². The van der Waals surface area contributed by atoms with Gasteiger partial charge in [-0.1, -0.05) is 0 Å². The fourth-order valence-electron chi connectivity index (χ4n) is 2.33. The molecule has 0 unspecified atom stereocenters. The number of hydrogen-bond acceptors (Lipinski definition) is 4. The maximum Gasteiger partial charge on any atom is 0.443 e. The van der Waals surface area contributed by atoms with Crippen molar-refractivity contribution >= 4 is 34.0 Å². The number of H-pyrrole nitrogens is 1. The molecule has 5 nitrogen and oxygen atoms in total. The minimum Gasteiger partial charge on any atom is -0.354 e. The standard InChI is InChI=1S/C15H11F3N4OS/c16-15(17,18)14-20-6-11(24-14)10-3-8-5-19-12(4-9(8)21-10)22-13(23)7-1-2-7/h3-7,21H,1-2H2,(H,19,22,23). The Bertz CT molecular complexity index is 926. The number of rotatable bonds is 3. The lowest BCUT2D eigenvalue weighted by molar-refractivity contribution is -0.137. The number of nitrogens with one attached hydrogen (secondary N) is 2. The van der Waals surface area contributed by atoms with E-state index >= 15 is 0 Å². The number of pyridine rings is 1. The Morgan fingerprint density at radius 2 is 2.04 bits per heavy atom. The summed E-state index contributed by atoms with van der Waals surface area (Å²) in [5.74, 6) is 0.443. The second-order valence-electron chi connectivity index (χ2n) is 5.63. The van der Waals surface area contributed by atoms with Crippen molar-refractivity contribution in [1.82, 2.24) is 15.0 Å². The summed E-state index contributed by atoms with van der Waals surface area (Å²) in [5.41, 5.74) is 1.22. The van der Waals surface area contributed by atoms with E-state index in [-0.39, 0.29) is 11.8 Å². The monoisotopic (exact) mass is 352 g/mol. The summed E-state index contributed by atoms with van der Waals surface area (Å²) in [5, 5.41) is 2.60. The molecule has 0 radical (unpaired) electrons. The summed E-state index contributed by atoms with van der Waals surface area (Å²) in [6, 6.07) is 3.38. The summed E-state index contributed by atoms with van der Waals surface area (Å²) < 4.78 is 38.0. The van der Waals surface area contributed by atoms with Gasteiger partial charge in [0.25, 0.3) is 0 Å². The summed E-state index contributed by atoms with van der Waals surface area (Å²) in [6.45, 7) is 0. The molecule has 0 bridgehead atoms. The highest BCUT2D eigenvalue weighted by molar-refractivity contribution is 7.15. The van der Waals surface area contributed by atoms with Crippen LogP contribution < -0.4 is 5.32 Å². The van der Waals surface area contributed by atoms with Crippen LogP contribution in [0.2, 0.25) is 0 Å². The number of hydrogen-bond donors (Lipinski definition) is 2. The minimum atomic E-state index is -4.45. The van der Waals surface area contributed by atoms with Gasteiger partial charge in [-0.25, -0.2) is 9.97 Å². The third-order valence-corrected chi connectivity index (χ3v) is 4.79. The third-order valence-electron chi connectivity index (χ3n) is 3.72. The molecule has 124 valence electrons. The maximum atomic E-state index is 12.7.